The van der Waals surface area contributed by atoms with Crippen LogP contribution < -0.4 is 20.9 Å². The van der Waals surface area contributed by atoms with Crippen LogP contribution in [-0.4, -0.2) is 24.4 Å². The first-order valence-corrected chi connectivity index (χ1v) is 13.9. The van der Waals surface area contributed by atoms with Crippen molar-refractivity contribution >= 4 is 35.1 Å². The van der Waals surface area contributed by atoms with Crippen LogP contribution in [0.1, 0.15) is 36.2 Å². The fourth-order valence-corrected chi connectivity index (χ4v) is 4.34. The van der Waals surface area contributed by atoms with Crippen molar-refractivity contribution in [2.45, 2.75) is 37.5 Å². The van der Waals surface area contributed by atoms with Crippen LogP contribution in [0.15, 0.2) is 109 Å². The van der Waals surface area contributed by atoms with Crippen LogP contribution in [0.4, 0.5) is 0 Å². The molecule has 4 aromatic carbocycles. The highest BCUT2D eigenvalue weighted by Gasteiger charge is 2.28. The van der Waals surface area contributed by atoms with E-state index in [9.17, 15) is 9.59 Å². The minimum absolute atomic E-state index is 0.0583. The molecular weight excluding hydrogens is 579 g/mol. The summed E-state index contributed by atoms with van der Waals surface area (Å²) in [5.74, 6) is -1.45. The van der Waals surface area contributed by atoms with E-state index >= 15 is 0 Å². The van der Waals surface area contributed by atoms with Gasteiger partial charge in [-0.05, 0) is 59.7 Å². The Morgan fingerprint density at radius 3 is 1.21 bits per heavy atom. The first-order chi connectivity index (χ1) is 20.3. The molecule has 0 aromatic heterocycles. The lowest BCUT2D eigenvalue weighted by molar-refractivity contribution is -0.175. The van der Waals surface area contributed by atoms with Gasteiger partial charge >= 0.3 is 11.9 Å². The average molecular weight is 610 g/mol. The van der Waals surface area contributed by atoms with Gasteiger partial charge in [-0.2, -0.15) is 0 Å². The molecule has 0 spiro atoms. The quantitative estimate of drug-likeness (QED) is 0.108. The van der Waals surface area contributed by atoms with Gasteiger partial charge in [0.25, 0.3) is 0 Å². The fraction of sp³-hybridized carbons (Fsp3) is 0.188. The molecule has 8 nitrogen and oxygen atoms in total. The molecule has 0 aliphatic heterocycles. The summed E-state index contributed by atoms with van der Waals surface area (Å²) in [5.41, 5.74) is 13.8. The number of carbonyl (C=O) groups is 2. The lowest BCUT2D eigenvalue weighted by atomic mass is 10.1. The molecule has 0 saturated heterocycles. The Morgan fingerprint density at radius 1 is 0.548 bits per heavy atom. The third-order valence-electron chi connectivity index (χ3n) is 6.10. The lowest BCUT2D eigenvalue weighted by Crippen LogP contribution is -2.37. The van der Waals surface area contributed by atoms with Gasteiger partial charge in [0.1, 0.15) is 23.7 Å². The maximum atomic E-state index is 12.5. The zero-order valence-electron chi connectivity index (χ0n) is 22.5. The zero-order chi connectivity index (χ0) is 29.9. The number of hydrogen-bond acceptors (Lipinski definition) is 8. The molecule has 0 aliphatic carbocycles. The van der Waals surface area contributed by atoms with Crippen molar-refractivity contribution < 1.29 is 28.5 Å². The number of hydrogen-bond donors (Lipinski definition) is 2. The Morgan fingerprint density at radius 2 is 0.881 bits per heavy atom. The first-order valence-electron chi connectivity index (χ1n) is 13.1. The average Bonchev–Trinajstić information content (AvgIpc) is 2.99. The van der Waals surface area contributed by atoms with E-state index in [0.717, 1.165) is 11.1 Å². The van der Waals surface area contributed by atoms with Crippen LogP contribution in [0.25, 0.3) is 0 Å². The monoisotopic (exact) mass is 608 g/mol. The van der Waals surface area contributed by atoms with Crippen molar-refractivity contribution in [1.29, 1.82) is 0 Å². The van der Waals surface area contributed by atoms with E-state index in [1.807, 2.05) is 60.7 Å². The number of esters is 2. The van der Waals surface area contributed by atoms with Crippen LogP contribution in [0.2, 0.25) is 10.0 Å². The van der Waals surface area contributed by atoms with Gasteiger partial charge in [-0.3, -0.25) is 11.5 Å². The molecule has 0 radical (unpaired) electrons. The molecule has 0 fully saturated rings. The summed E-state index contributed by atoms with van der Waals surface area (Å²) >= 11 is 12.0. The number of ether oxygens (including phenoxy) is 4. The Hall–Kier alpha value is -4.08. The van der Waals surface area contributed by atoms with Gasteiger partial charge in [0.05, 0.1) is 0 Å². The summed E-state index contributed by atoms with van der Waals surface area (Å²) < 4.78 is 22.5. The van der Waals surface area contributed by atoms with Gasteiger partial charge in [0.15, 0.2) is 12.5 Å². The fourth-order valence-electron chi connectivity index (χ4n) is 4.08. The van der Waals surface area contributed by atoms with Crippen LogP contribution >= 0.6 is 23.2 Å². The van der Waals surface area contributed by atoms with Gasteiger partial charge in [-0.15, -0.1) is 0 Å². The summed E-state index contributed by atoms with van der Waals surface area (Å²) in [5, 5.41) is 1.13. The SMILES string of the molecule is NC(CC(Oc1ccc(Cl)cc1)c1ccccc1)OC(=O)C(=O)OC(N)CC(Oc1ccc(Cl)cc1)c1ccccc1. The number of benzene rings is 4. The second-order valence-electron chi connectivity index (χ2n) is 9.30. The standard InChI is InChI=1S/C32H30Cl2N2O6/c33-23-11-15-25(16-12-23)39-27(21-7-3-1-4-8-21)19-29(35)41-31(37)32(38)42-30(36)20-28(22-9-5-2-6-10-22)40-26-17-13-24(34)14-18-26/h1-18,27-30H,19-20,35-36H2. The number of nitrogens with two attached hydrogens (primary N) is 2. The van der Waals surface area contributed by atoms with Crippen molar-refractivity contribution in [2.24, 2.45) is 11.5 Å². The molecule has 4 rings (SSSR count). The van der Waals surface area contributed by atoms with E-state index in [1.165, 1.54) is 0 Å². The minimum Gasteiger partial charge on any atom is -0.486 e. The van der Waals surface area contributed by atoms with E-state index < -0.39 is 36.6 Å². The number of carbonyl (C=O) groups excluding carboxylic acids is 2. The zero-order valence-corrected chi connectivity index (χ0v) is 24.0. The highest BCUT2D eigenvalue weighted by atomic mass is 35.5. The molecule has 42 heavy (non-hydrogen) atoms. The molecule has 0 aliphatic rings. The van der Waals surface area contributed by atoms with Crippen molar-refractivity contribution in [2.75, 3.05) is 0 Å². The second-order valence-corrected chi connectivity index (χ2v) is 10.2. The molecule has 0 amide bonds. The van der Waals surface area contributed by atoms with Gasteiger partial charge in [-0.25, -0.2) is 9.59 Å². The molecule has 10 heteroatoms. The van der Waals surface area contributed by atoms with Crippen molar-refractivity contribution in [3.63, 3.8) is 0 Å². The summed E-state index contributed by atoms with van der Waals surface area (Å²) in [7, 11) is 0. The first kappa shape index (κ1) is 30.9. The van der Waals surface area contributed by atoms with Crippen LogP contribution in [0.5, 0.6) is 11.5 Å². The smallest absolute Gasteiger partial charge is 0.419 e. The molecule has 4 N–H and O–H groups in total. The molecule has 218 valence electrons. The molecule has 0 bridgehead atoms. The molecule has 4 atom stereocenters. The largest absolute Gasteiger partial charge is 0.486 e. The second kappa shape index (κ2) is 15.2. The number of halogens is 2. The van der Waals surface area contributed by atoms with Gasteiger partial charge in [0.2, 0.25) is 0 Å². The summed E-state index contributed by atoms with van der Waals surface area (Å²) in [6.07, 6.45) is -3.39. The summed E-state index contributed by atoms with van der Waals surface area (Å²) in [6.45, 7) is 0. The maximum Gasteiger partial charge on any atom is 0.419 e. The van der Waals surface area contributed by atoms with E-state index in [0.29, 0.717) is 21.5 Å². The molecule has 0 heterocycles. The maximum absolute atomic E-state index is 12.5. The molecular formula is C32H30Cl2N2O6. The third-order valence-corrected chi connectivity index (χ3v) is 6.61. The van der Waals surface area contributed by atoms with Crippen LogP contribution in [-0.2, 0) is 19.1 Å². The lowest BCUT2D eigenvalue weighted by Gasteiger charge is -2.24. The van der Waals surface area contributed by atoms with Crippen molar-refractivity contribution in [1.82, 2.24) is 0 Å². The molecule has 0 saturated carbocycles. The predicted octanol–water partition coefficient (Wildman–Crippen LogP) is 6.37. The summed E-state index contributed by atoms with van der Waals surface area (Å²) in [6, 6.07) is 32.2. The van der Waals surface area contributed by atoms with Crippen LogP contribution in [0.3, 0.4) is 0 Å². The van der Waals surface area contributed by atoms with Crippen LogP contribution in [0, 0.1) is 0 Å². The number of rotatable bonds is 12. The van der Waals surface area contributed by atoms with E-state index in [-0.39, 0.29) is 12.8 Å². The normalized spacial score (nSPS) is 13.7. The highest BCUT2D eigenvalue weighted by Crippen LogP contribution is 2.28. The van der Waals surface area contributed by atoms with E-state index in [2.05, 4.69) is 0 Å². The topological polar surface area (TPSA) is 123 Å². The van der Waals surface area contributed by atoms with E-state index in [1.54, 1.807) is 48.5 Å². The highest BCUT2D eigenvalue weighted by molar-refractivity contribution is 6.31. The summed E-state index contributed by atoms with van der Waals surface area (Å²) in [4.78, 5) is 25.1. The third kappa shape index (κ3) is 9.49. The Labute approximate surface area is 254 Å². The minimum atomic E-state index is -1.27. The van der Waals surface area contributed by atoms with Gasteiger partial charge < -0.3 is 18.9 Å². The van der Waals surface area contributed by atoms with Crippen molar-refractivity contribution in [3.8, 4) is 11.5 Å². The van der Waals surface area contributed by atoms with Gasteiger partial charge in [0, 0.05) is 22.9 Å². The Bertz CT molecular complexity index is 1310. The Kier molecular flexibility index (Phi) is 11.2. The molecule has 4 aromatic rings. The van der Waals surface area contributed by atoms with E-state index in [4.69, 9.17) is 53.6 Å². The Balaban J connectivity index is 1.35. The predicted molar refractivity (Wildman–Crippen MR) is 160 cm³/mol. The van der Waals surface area contributed by atoms with Gasteiger partial charge in [-0.1, -0.05) is 83.9 Å². The van der Waals surface area contributed by atoms with Crippen molar-refractivity contribution in [3.05, 3.63) is 130 Å². The molecule has 4 unspecified atom stereocenters.